The predicted molar refractivity (Wildman–Crippen MR) is 79.0 cm³/mol. The van der Waals surface area contributed by atoms with Crippen LogP contribution in [0.4, 0.5) is 0 Å². The van der Waals surface area contributed by atoms with Crippen molar-refractivity contribution in [1.29, 1.82) is 0 Å². The minimum atomic E-state index is -0.385. The summed E-state index contributed by atoms with van der Waals surface area (Å²) < 4.78 is 5.36. The number of fused-ring (bicyclic) bond motifs is 1. The Morgan fingerprint density at radius 3 is 2.85 bits per heavy atom. The third-order valence-electron chi connectivity index (χ3n) is 3.80. The van der Waals surface area contributed by atoms with Gasteiger partial charge in [0.1, 0.15) is 0 Å². The molecule has 104 valence electrons. The van der Waals surface area contributed by atoms with Gasteiger partial charge >= 0.3 is 5.97 Å². The fourth-order valence-corrected chi connectivity index (χ4v) is 2.95. The van der Waals surface area contributed by atoms with Crippen LogP contribution in [0.1, 0.15) is 36.2 Å². The summed E-state index contributed by atoms with van der Waals surface area (Å²) in [5, 5.41) is 1.38. The molecule has 0 radical (unpaired) electrons. The number of pyridine rings is 1. The molecule has 3 rings (SSSR count). The molecule has 0 atom stereocenters. The van der Waals surface area contributed by atoms with Gasteiger partial charge in [-0.25, -0.2) is 9.78 Å². The molecule has 1 heterocycles. The highest BCUT2D eigenvalue weighted by molar-refractivity contribution is 6.35. The van der Waals surface area contributed by atoms with Gasteiger partial charge in [-0.2, -0.15) is 0 Å². The molecule has 3 nitrogen and oxygen atoms in total. The summed E-state index contributed by atoms with van der Waals surface area (Å²) in [7, 11) is 0. The number of benzene rings is 1. The third-order valence-corrected chi connectivity index (χ3v) is 4.11. The molecule has 0 saturated heterocycles. The van der Waals surface area contributed by atoms with Crippen molar-refractivity contribution < 1.29 is 9.53 Å². The van der Waals surface area contributed by atoms with Crippen LogP contribution in [0.3, 0.4) is 0 Å². The summed E-state index contributed by atoms with van der Waals surface area (Å²) in [6, 6.07) is 9.08. The van der Waals surface area contributed by atoms with E-state index in [1.807, 2.05) is 24.3 Å². The molecule has 4 heteroatoms. The highest BCUT2D eigenvalue weighted by atomic mass is 35.5. The molecule has 1 aromatic carbocycles. The second kappa shape index (κ2) is 5.80. The van der Waals surface area contributed by atoms with Gasteiger partial charge in [0.05, 0.1) is 17.1 Å². The molecule has 0 amide bonds. The van der Waals surface area contributed by atoms with Crippen LogP contribution in [0.5, 0.6) is 0 Å². The minimum Gasteiger partial charge on any atom is -0.461 e. The highest BCUT2D eigenvalue weighted by Gasteiger charge is 2.18. The van der Waals surface area contributed by atoms with Crippen LogP contribution in [0.15, 0.2) is 30.3 Å². The molecule has 1 aliphatic carbocycles. The van der Waals surface area contributed by atoms with Crippen LogP contribution in [-0.4, -0.2) is 17.6 Å². The fourth-order valence-electron chi connectivity index (χ4n) is 2.68. The average Bonchev–Trinajstić information content (AvgIpc) is 2.98. The fraction of sp³-hybridized carbons (Fsp3) is 0.375. The molecule has 20 heavy (non-hydrogen) atoms. The van der Waals surface area contributed by atoms with Crippen molar-refractivity contribution in [2.24, 2.45) is 5.92 Å². The molecule has 1 saturated carbocycles. The second-order valence-electron chi connectivity index (χ2n) is 5.26. The number of halogens is 1. The maximum atomic E-state index is 12.1. The van der Waals surface area contributed by atoms with Gasteiger partial charge in [-0.05, 0) is 30.9 Å². The van der Waals surface area contributed by atoms with Crippen molar-refractivity contribution in [3.05, 3.63) is 41.0 Å². The van der Waals surface area contributed by atoms with Crippen LogP contribution in [0.2, 0.25) is 5.02 Å². The van der Waals surface area contributed by atoms with E-state index < -0.39 is 0 Å². The molecule has 0 N–H and O–H groups in total. The number of para-hydroxylation sites is 1. The Morgan fingerprint density at radius 1 is 1.30 bits per heavy atom. The Bertz CT molecular complexity index is 635. The van der Waals surface area contributed by atoms with Crippen molar-refractivity contribution in [3.63, 3.8) is 0 Å². The lowest BCUT2D eigenvalue weighted by molar-refractivity contribution is 0.0436. The maximum absolute atomic E-state index is 12.1. The standard InChI is InChI=1S/C16H16ClNO2/c17-13-9-15(18-14-8-4-3-7-12(13)14)16(19)20-10-11-5-1-2-6-11/h3-4,7-9,11H,1-2,5-6,10H2. The van der Waals surface area contributed by atoms with Crippen LogP contribution in [0.25, 0.3) is 10.9 Å². The summed E-state index contributed by atoms with van der Waals surface area (Å²) in [6.07, 6.45) is 4.78. The SMILES string of the molecule is O=C(OCC1CCCC1)c1cc(Cl)c2ccccc2n1. The van der Waals surface area contributed by atoms with Crippen LogP contribution in [-0.2, 0) is 4.74 Å². The topological polar surface area (TPSA) is 39.2 Å². The van der Waals surface area contributed by atoms with Gasteiger partial charge in [-0.1, -0.05) is 42.6 Å². The lowest BCUT2D eigenvalue weighted by atomic mass is 10.1. The molecular formula is C16H16ClNO2. The molecule has 1 fully saturated rings. The smallest absolute Gasteiger partial charge is 0.357 e. The summed E-state index contributed by atoms with van der Waals surface area (Å²) in [5.41, 5.74) is 1.000. The number of carbonyl (C=O) groups is 1. The first-order valence-corrected chi connectivity index (χ1v) is 7.34. The van der Waals surface area contributed by atoms with Gasteiger partial charge in [0.25, 0.3) is 0 Å². The molecule has 0 unspecified atom stereocenters. The Kier molecular flexibility index (Phi) is 3.88. The van der Waals surface area contributed by atoms with Gasteiger partial charge in [-0.15, -0.1) is 0 Å². The Hall–Kier alpha value is -1.61. The third kappa shape index (κ3) is 2.78. The summed E-state index contributed by atoms with van der Waals surface area (Å²) in [5.74, 6) is 0.124. The van der Waals surface area contributed by atoms with Gasteiger partial charge in [0, 0.05) is 5.39 Å². The lowest BCUT2D eigenvalue weighted by Gasteiger charge is -2.10. The zero-order valence-electron chi connectivity index (χ0n) is 11.1. The number of nitrogens with zero attached hydrogens (tertiary/aromatic N) is 1. The average molecular weight is 290 g/mol. The largest absolute Gasteiger partial charge is 0.461 e. The molecule has 0 bridgehead atoms. The normalized spacial score (nSPS) is 15.7. The summed E-state index contributed by atoms with van der Waals surface area (Å²) in [6.45, 7) is 0.491. The summed E-state index contributed by atoms with van der Waals surface area (Å²) in [4.78, 5) is 16.4. The van der Waals surface area contributed by atoms with E-state index in [4.69, 9.17) is 16.3 Å². The van der Waals surface area contributed by atoms with E-state index in [0.29, 0.717) is 23.1 Å². The number of rotatable bonds is 3. The van der Waals surface area contributed by atoms with Crippen LogP contribution >= 0.6 is 11.6 Å². The first-order valence-electron chi connectivity index (χ1n) is 6.96. The molecule has 0 aliphatic heterocycles. The first-order chi connectivity index (χ1) is 9.74. The van der Waals surface area contributed by atoms with E-state index in [1.165, 1.54) is 12.8 Å². The molecule has 2 aromatic rings. The number of aromatic nitrogens is 1. The highest BCUT2D eigenvalue weighted by Crippen LogP contribution is 2.26. The second-order valence-corrected chi connectivity index (χ2v) is 5.66. The van der Waals surface area contributed by atoms with Gasteiger partial charge in [0.2, 0.25) is 0 Å². The van der Waals surface area contributed by atoms with E-state index in [0.717, 1.165) is 18.2 Å². The minimum absolute atomic E-state index is 0.284. The Morgan fingerprint density at radius 2 is 2.05 bits per heavy atom. The number of hydrogen-bond acceptors (Lipinski definition) is 3. The number of carbonyl (C=O) groups excluding carboxylic acids is 1. The van der Waals surface area contributed by atoms with Crippen molar-refractivity contribution >= 4 is 28.5 Å². The van der Waals surface area contributed by atoms with Crippen molar-refractivity contribution in [2.75, 3.05) is 6.61 Å². The zero-order valence-corrected chi connectivity index (χ0v) is 11.9. The lowest BCUT2D eigenvalue weighted by Crippen LogP contribution is -2.13. The van der Waals surface area contributed by atoms with Crippen molar-refractivity contribution in [1.82, 2.24) is 4.98 Å². The molecule has 0 spiro atoms. The predicted octanol–water partition coefficient (Wildman–Crippen LogP) is 4.24. The Balaban J connectivity index is 1.77. The number of ether oxygens (including phenoxy) is 1. The number of hydrogen-bond donors (Lipinski definition) is 0. The first kappa shape index (κ1) is 13.4. The van der Waals surface area contributed by atoms with E-state index >= 15 is 0 Å². The summed E-state index contributed by atoms with van der Waals surface area (Å²) >= 11 is 6.19. The van der Waals surface area contributed by atoms with Crippen LogP contribution < -0.4 is 0 Å². The Labute approximate surface area is 122 Å². The zero-order chi connectivity index (χ0) is 13.9. The quantitative estimate of drug-likeness (QED) is 0.794. The van der Waals surface area contributed by atoms with Gasteiger partial charge in [0.15, 0.2) is 5.69 Å². The van der Waals surface area contributed by atoms with E-state index in [2.05, 4.69) is 4.98 Å². The van der Waals surface area contributed by atoms with E-state index in [1.54, 1.807) is 6.07 Å². The van der Waals surface area contributed by atoms with Crippen molar-refractivity contribution in [2.45, 2.75) is 25.7 Å². The molecule has 1 aromatic heterocycles. The molecule has 1 aliphatic rings. The monoisotopic (exact) mass is 289 g/mol. The maximum Gasteiger partial charge on any atom is 0.357 e. The van der Waals surface area contributed by atoms with Crippen LogP contribution in [0, 0.1) is 5.92 Å². The van der Waals surface area contributed by atoms with Crippen molar-refractivity contribution in [3.8, 4) is 0 Å². The van der Waals surface area contributed by atoms with E-state index in [9.17, 15) is 4.79 Å². The van der Waals surface area contributed by atoms with Gasteiger partial charge in [-0.3, -0.25) is 0 Å². The molecular weight excluding hydrogens is 274 g/mol. The van der Waals surface area contributed by atoms with Gasteiger partial charge < -0.3 is 4.74 Å². The number of esters is 1. The van der Waals surface area contributed by atoms with E-state index in [-0.39, 0.29) is 11.7 Å².